The van der Waals surface area contributed by atoms with Crippen LogP contribution in [0.3, 0.4) is 0 Å². The normalized spacial score (nSPS) is 10.9. The highest BCUT2D eigenvalue weighted by atomic mass is 15.3. The zero-order valence-electron chi connectivity index (χ0n) is 15.7. The topological polar surface area (TPSA) is 67.7 Å². The molecule has 0 atom stereocenters. The predicted octanol–water partition coefficient (Wildman–Crippen LogP) is 4.34. The van der Waals surface area contributed by atoms with Crippen LogP contribution in [0.2, 0.25) is 0 Å². The molecule has 2 aromatic heterocycles. The Bertz CT molecular complexity index is 1080. The molecule has 0 spiro atoms. The van der Waals surface area contributed by atoms with Gasteiger partial charge in [0.2, 0.25) is 5.95 Å². The van der Waals surface area contributed by atoms with Gasteiger partial charge in [-0.25, -0.2) is 4.98 Å². The van der Waals surface area contributed by atoms with Crippen LogP contribution in [0.4, 0.5) is 17.5 Å². The summed E-state index contributed by atoms with van der Waals surface area (Å²) in [4.78, 5) is 8.82. The fourth-order valence-corrected chi connectivity index (χ4v) is 2.96. The Hall–Kier alpha value is -3.41. The maximum Gasteiger partial charge on any atom is 0.229 e. The van der Waals surface area contributed by atoms with E-state index < -0.39 is 0 Å². The molecule has 2 aromatic carbocycles. The third-order valence-electron chi connectivity index (χ3n) is 4.63. The van der Waals surface area contributed by atoms with Crippen LogP contribution in [-0.2, 0) is 13.6 Å². The Labute approximate surface area is 158 Å². The van der Waals surface area contributed by atoms with Crippen LogP contribution in [0, 0.1) is 13.8 Å². The van der Waals surface area contributed by atoms with E-state index in [1.54, 1.807) is 6.20 Å². The van der Waals surface area contributed by atoms with E-state index in [4.69, 9.17) is 0 Å². The number of rotatable bonds is 5. The molecule has 136 valence electrons. The van der Waals surface area contributed by atoms with Gasteiger partial charge in [-0.15, -0.1) is 0 Å². The minimum Gasteiger partial charge on any atom is -0.366 e. The highest BCUT2D eigenvalue weighted by Crippen LogP contribution is 2.19. The van der Waals surface area contributed by atoms with E-state index in [-0.39, 0.29) is 0 Å². The SMILES string of the molecule is Cc1ccc(Nc2nccc(NCc3ccc4c(C)n(C)nc4c3)n2)cc1. The molecule has 6 nitrogen and oxygen atoms in total. The Balaban J connectivity index is 1.46. The van der Waals surface area contributed by atoms with Gasteiger partial charge in [0.1, 0.15) is 5.82 Å². The molecule has 27 heavy (non-hydrogen) atoms. The van der Waals surface area contributed by atoms with Crippen molar-refractivity contribution in [2.75, 3.05) is 10.6 Å². The summed E-state index contributed by atoms with van der Waals surface area (Å²) in [5.41, 5.74) is 5.53. The highest BCUT2D eigenvalue weighted by Gasteiger charge is 2.06. The highest BCUT2D eigenvalue weighted by molar-refractivity contribution is 5.82. The van der Waals surface area contributed by atoms with Crippen LogP contribution in [0.25, 0.3) is 10.9 Å². The molecular weight excluding hydrogens is 336 g/mol. The number of hydrogen-bond acceptors (Lipinski definition) is 5. The maximum absolute atomic E-state index is 4.55. The fraction of sp³-hybridized carbons (Fsp3) is 0.190. The van der Waals surface area contributed by atoms with E-state index in [2.05, 4.69) is 69.9 Å². The van der Waals surface area contributed by atoms with Crippen LogP contribution in [0.5, 0.6) is 0 Å². The Morgan fingerprint density at radius 3 is 2.63 bits per heavy atom. The van der Waals surface area contributed by atoms with Crippen molar-refractivity contribution < 1.29 is 0 Å². The number of anilines is 3. The molecule has 0 bridgehead atoms. The zero-order chi connectivity index (χ0) is 18.8. The van der Waals surface area contributed by atoms with Gasteiger partial charge in [-0.05, 0) is 43.7 Å². The Morgan fingerprint density at radius 2 is 1.81 bits per heavy atom. The average molecular weight is 358 g/mol. The van der Waals surface area contributed by atoms with Crippen molar-refractivity contribution in [3.63, 3.8) is 0 Å². The first-order chi connectivity index (χ1) is 13.1. The van der Waals surface area contributed by atoms with Crippen LogP contribution in [0.1, 0.15) is 16.8 Å². The summed E-state index contributed by atoms with van der Waals surface area (Å²) >= 11 is 0. The first-order valence-electron chi connectivity index (χ1n) is 8.91. The van der Waals surface area contributed by atoms with Crippen molar-refractivity contribution in [3.8, 4) is 0 Å². The molecule has 0 fully saturated rings. The number of aryl methyl sites for hydroxylation is 3. The number of aromatic nitrogens is 4. The van der Waals surface area contributed by atoms with Crippen LogP contribution in [0.15, 0.2) is 54.7 Å². The number of hydrogen-bond donors (Lipinski definition) is 2. The quantitative estimate of drug-likeness (QED) is 0.556. The van der Waals surface area contributed by atoms with Gasteiger partial charge in [0.15, 0.2) is 0 Å². The van der Waals surface area contributed by atoms with E-state index >= 15 is 0 Å². The molecule has 4 rings (SSSR count). The molecule has 0 saturated heterocycles. The summed E-state index contributed by atoms with van der Waals surface area (Å²) in [7, 11) is 1.97. The monoisotopic (exact) mass is 358 g/mol. The zero-order valence-corrected chi connectivity index (χ0v) is 15.7. The molecule has 0 aliphatic carbocycles. The van der Waals surface area contributed by atoms with Crippen LogP contribution < -0.4 is 10.6 Å². The van der Waals surface area contributed by atoms with Crippen molar-refractivity contribution in [3.05, 3.63) is 71.5 Å². The molecule has 0 unspecified atom stereocenters. The number of benzene rings is 2. The van der Waals surface area contributed by atoms with Crippen LogP contribution in [-0.4, -0.2) is 19.7 Å². The van der Waals surface area contributed by atoms with Gasteiger partial charge >= 0.3 is 0 Å². The Kier molecular flexibility index (Phi) is 4.46. The number of nitrogens with one attached hydrogen (secondary N) is 2. The second kappa shape index (κ2) is 7.07. The minimum atomic E-state index is 0.569. The fourth-order valence-electron chi connectivity index (χ4n) is 2.96. The van der Waals surface area contributed by atoms with Gasteiger partial charge in [-0.1, -0.05) is 29.8 Å². The standard InChI is InChI=1S/C21H22N6/c1-14-4-7-17(8-5-14)24-21-22-11-10-20(25-21)23-13-16-6-9-18-15(2)27(3)26-19(18)12-16/h4-12H,13H2,1-3H3,(H2,22,23,24,25). The lowest BCUT2D eigenvalue weighted by atomic mass is 10.1. The molecule has 0 aliphatic heterocycles. The van der Waals surface area contributed by atoms with E-state index in [0.717, 1.165) is 22.6 Å². The predicted molar refractivity (Wildman–Crippen MR) is 109 cm³/mol. The smallest absolute Gasteiger partial charge is 0.229 e. The minimum absolute atomic E-state index is 0.569. The first-order valence-corrected chi connectivity index (χ1v) is 8.91. The lowest BCUT2D eigenvalue weighted by Gasteiger charge is -2.09. The third-order valence-corrected chi connectivity index (χ3v) is 4.63. The van der Waals surface area contributed by atoms with Crippen molar-refractivity contribution in [1.82, 2.24) is 19.7 Å². The van der Waals surface area contributed by atoms with E-state index in [1.807, 2.05) is 29.9 Å². The van der Waals surface area contributed by atoms with Crippen LogP contribution >= 0.6 is 0 Å². The summed E-state index contributed by atoms with van der Waals surface area (Å²) in [6, 6.07) is 16.4. The molecule has 0 aliphatic rings. The van der Waals surface area contributed by atoms with Gasteiger partial charge in [-0.3, -0.25) is 4.68 Å². The van der Waals surface area contributed by atoms with E-state index in [1.165, 1.54) is 16.6 Å². The molecular formula is C21H22N6. The lowest BCUT2D eigenvalue weighted by molar-refractivity contribution is 0.751. The van der Waals surface area contributed by atoms with Gasteiger partial charge in [0.05, 0.1) is 5.52 Å². The third kappa shape index (κ3) is 3.74. The molecule has 2 heterocycles. The summed E-state index contributed by atoms with van der Waals surface area (Å²) < 4.78 is 1.91. The largest absolute Gasteiger partial charge is 0.366 e. The summed E-state index contributed by atoms with van der Waals surface area (Å²) in [5.74, 6) is 1.34. The molecule has 6 heteroatoms. The van der Waals surface area contributed by atoms with Gasteiger partial charge in [0.25, 0.3) is 0 Å². The van der Waals surface area contributed by atoms with Crippen molar-refractivity contribution in [2.45, 2.75) is 20.4 Å². The Morgan fingerprint density at radius 1 is 1.00 bits per heavy atom. The summed E-state index contributed by atoms with van der Waals surface area (Å²) in [6.45, 7) is 4.82. The second-order valence-electron chi connectivity index (χ2n) is 6.67. The van der Waals surface area contributed by atoms with Crippen molar-refractivity contribution >= 4 is 28.4 Å². The number of fused-ring (bicyclic) bond motifs is 1. The van der Waals surface area contributed by atoms with Crippen molar-refractivity contribution in [2.24, 2.45) is 7.05 Å². The van der Waals surface area contributed by atoms with Crippen molar-refractivity contribution in [1.29, 1.82) is 0 Å². The number of nitrogens with zero attached hydrogens (tertiary/aromatic N) is 4. The van der Waals surface area contributed by atoms with Gasteiger partial charge in [-0.2, -0.15) is 10.1 Å². The molecule has 4 aromatic rings. The molecule has 0 radical (unpaired) electrons. The summed E-state index contributed by atoms with van der Waals surface area (Å²) in [5, 5.41) is 12.3. The van der Waals surface area contributed by atoms with Gasteiger partial charge in [0, 0.05) is 36.6 Å². The average Bonchev–Trinajstić information content (AvgIpc) is 2.96. The lowest BCUT2D eigenvalue weighted by Crippen LogP contribution is -2.04. The van der Waals surface area contributed by atoms with E-state index in [0.29, 0.717) is 12.5 Å². The van der Waals surface area contributed by atoms with E-state index in [9.17, 15) is 0 Å². The summed E-state index contributed by atoms with van der Waals surface area (Å²) in [6.07, 6.45) is 1.75. The molecule has 0 amide bonds. The first kappa shape index (κ1) is 17.0. The molecule has 2 N–H and O–H groups in total. The van der Waals surface area contributed by atoms with Gasteiger partial charge < -0.3 is 10.6 Å². The second-order valence-corrected chi connectivity index (χ2v) is 6.67. The molecule has 0 saturated carbocycles. The maximum atomic E-state index is 4.55.